The van der Waals surface area contributed by atoms with Crippen LogP contribution in [0.3, 0.4) is 0 Å². The normalized spacial score (nSPS) is 10.0. The lowest BCUT2D eigenvalue weighted by molar-refractivity contribution is -0.115. The van der Waals surface area contributed by atoms with Gasteiger partial charge in [-0.25, -0.2) is 9.18 Å². The first-order valence-electron chi connectivity index (χ1n) is 6.62. The van der Waals surface area contributed by atoms with E-state index in [0.29, 0.717) is 5.56 Å². The van der Waals surface area contributed by atoms with E-state index in [-0.39, 0.29) is 29.2 Å². The zero-order valence-electron chi connectivity index (χ0n) is 12.5. The highest BCUT2D eigenvalue weighted by Gasteiger charge is 2.25. The molecule has 1 amide bonds. The van der Waals surface area contributed by atoms with Gasteiger partial charge in [-0.3, -0.25) is 10.1 Å². The highest BCUT2D eigenvalue weighted by atomic mass is 19.1. The van der Waals surface area contributed by atoms with Crippen LogP contribution in [-0.4, -0.2) is 19.0 Å². The van der Waals surface area contributed by atoms with Crippen molar-refractivity contribution in [3.05, 3.63) is 52.5 Å². The molecular formula is C16H13FN2O4. The number of esters is 1. The van der Waals surface area contributed by atoms with Crippen molar-refractivity contribution in [3.8, 4) is 6.07 Å². The van der Waals surface area contributed by atoms with Gasteiger partial charge in [0.05, 0.1) is 13.5 Å². The van der Waals surface area contributed by atoms with Crippen molar-refractivity contribution in [2.45, 2.75) is 13.3 Å². The van der Waals surface area contributed by atoms with Gasteiger partial charge in [0, 0.05) is 0 Å². The molecular weight excluding hydrogens is 303 g/mol. The molecule has 118 valence electrons. The number of nitrogens with zero attached hydrogens (tertiary/aromatic N) is 1. The highest BCUT2D eigenvalue weighted by Crippen LogP contribution is 2.27. The topological polar surface area (TPSA) is 92.3 Å². The number of halogens is 1. The number of nitrogens with one attached hydrogen (secondary N) is 1. The summed E-state index contributed by atoms with van der Waals surface area (Å²) in [4.78, 5) is 23.7. The van der Waals surface area contributed by atoms with Gasteiger partial charge in [0.15, 0.2) is 0 Å². The first-order valence-corrected chi connectivity index (χ1v) is 6.62. The number of aryl methyl sites for hydroxylation is 1. The summed E-state index contributed by atoms with van der Waals surface area (Å²) in [6.45, 7) is 1.49. The van der Waals surface area contributed by atoms with Crippen LogP contribution in [0, 0.1) is 24.1 Å². The molecule has 2 aromatic rings. The fourth-order valence-electron chi connectivity index (χ4n) is 2.05. The molecule has 0 fully saturated rings. The van der Waals surface area contributed by atoms with E-state index in [9.17, 15) is 19.2 Å². The SMILES string of the molecule is COC(=O)c1c(C)oc(NC(=O)Cc2ccc(F)cc2)c1C#N. The van der Waals surface area contributed by atoms with E-state index < -0.39 is 17.7 Å². The fourth-order valence-corrected chi connectivity index (χ4v) is 2.05. The Bertz CT molecular complexity index is 788. The molecule has 7 heteroatoms. The minimum atomic E-state index is -0.721. The van der Waals surface area contributed by atoms with Crippen LogP contribution in [-0.2, 0) is 16.0 Å². The van der Waals surface area contributed by atoms with Gasteiger partial charge in [-0.05, 0) is 24.6 Å². The molecule has 0 radical (unpaired) electrons. The maximum atomic E-state index is 12.8. The van der Waals surface area contributed by atoms with Crippen molar-refractivity contribution in [1.82, 2.24) is 0 Å². The Morgan fingerprint density at radius 2 is 2.00 bits per heavy atom. The lowest BCUT2D eigenvalue weighted by Gasteiger charge is -2.03. The summed E-state index contributed by atoms with van der Waals surface area (Å²) in [5.74, 6) is -1.52. The fraction of sp³-hybridized carbons (Fsp3) is 0.188. The molecule has 1 heterocycles. The Balaban J connectivity index is 2.20. The molecule has 1 aromatic heterocycles. The van der Waals surface area contributed by atoms with Gasteiger partial charge in [-0.2, -0.15) is 5.26 Å². The second-order valence-corrected chi connectivity index (χ2v) is 4.69. The standard InChI is InChI=1S/C16H13FN2O4/c1-9-14(16(21)22-2)12(8-18)15(23-9)19-13(20)7-10-3-5-11(17)6-4-10/h3-6H,7H2,1-2H3,(H,19,20). The Hall–Kier alpha value is -3.14. The van der Waals surface area contributed by atoms with Gasteiger partial charge < -0.3 is 9.15 Å². The van der Waals surface area contributed by atoms with Gasteiger partial charge in [0.25, 0.3) is 0 Å². The van der Waals surface area contributed by atoms with Crippen molar-refractivity contribution in [2.75, 3.05) is 12.4 Å². The average molecular weight is 316 g/mol. The Morgan fingerprint density at radius 3 is 2.57 bits per heavy atom. The van der Waals surface area contributed by atoms with Crippen LogP contribution in [0.25, 0.3) is 0 Å². The maximum Gasteiger partial charge on any atom is 0.342 e. The summed E-state index contributed by atoms with van der Waals surface area (Å²) in [5, 5.41) is 11.6. The van der Waals surface area contributed by atoms with Crippen LogP contribution < -0.4 is 5.32 Å². The van der Waals surface area contributed by atoms with E-state index in [0.717, 1.165) is 0 Å². The van der Waals surface area contributed by atoms with E-state index in [1.165, 1.54) is 38.3 Å². The highest BCUT2D eigenvalue weighted by molar-refractivity contribution is 5.98. The monoisotopic (exact) mass is 316 g/mol. The number of nitriles is 1. The summed E-state index contributed by atoms with van der Waals surface area (Å²) in [7, 11) is 1.18. The third kappa shape index (κ3) is 3.55. The first-order chi connectivity index (χ1) is 11.0. The number of furan rings is 1. The first kappa shape index (κ1) is 16.2. The number of hydrogen-bond acceptors (Lipinski definition) is 5. The van der Waals surface area contributed by atoms with Crippen molar-refractivity contribution < 1.29 is 23.1 Å². The number of hydrogen-bond donors (Lipinski definition) is 1. The summed E-state index contributed by atoms with van der Waals surface area (Å²) in [5.41, 5.74) is 0.479. The Labute approximate surface area is 131 Å². The number of anilines is 1. The van der Waals surface area contributed by atoms with E-state index in [2.05, 4.69) is 10.1 Å². The van der Waals surface area contributed by atoms with E-state index in [4.69, 9.17) is 4.42 Å². The maximum absolute atomic E-state index is 12.8. The largest absolute Gasteiger partial charge is 0.465 e. The van der Waals surface area contributed by atoms with Crippen LogP contribution in [0.4, 0.5) is 10.3 Å². The zero-order valence-corrected chi connectivity index (χ0v) is 12.5. The van der Waals surface area contributed by atoms with Crippen molar-refractivity contribution in [1.29, 1.82) is 5.26 Å². The molecule has 0 bridgehead atoms. The summed E-state index contributed by atoms with van der Waals surface area (Å²) in [6.07, 6.45) is -0.0293. The summed E-state index contributed by atoms with van der Waals surface area (Å²) < 4.78 is 22.7. The average Bonchev–Trinajstić information content (AvgIpc) is 2.83. The van der Waals surface area contributed by atoms with E-state index >= 15 is 0 Å². The molecule has 0 spiro atoms. The van der Waals surface area contributed by atoms with E-state index in [1.54, 1.807) is 0 Å². The minimum Gasteiger partial charge on any atom is -0.465 e. The number of carbonyl (C=O) groups excluding carboxylic acids is 2. The molecule has 2 rings (SSSR count). The molecule has 23 heavy (non-hydrogen) atoms. The molecule has 0 unspecified atom stereocenters. The Morgan fingerprint density at radius 1 is 1.35 bits per heavy atom. The van der Waals surface area contributed by atoms with Gasteiger partial charge in [0.1, 0.15) is 28.8 Å². The van der Waals surface area contributed by atoms with Crippen LogP contribution in [0.5, 0.6) is 0 Å². The Kier molecular flexibility index (Phi) is 4.76. The summed E-state index contributed by atoms with van der Waals surface area (Å²) >= 11 is 0. The molecule has 0 atom stereocenters. The molecule has 6 nitrogen and oxygen atoms in total. The molecule has 1 N–H and O–H groups in total. The molecule has 0 saturated carbocycles. The lowest BCUT2D eigenvalue weighted by Crippen LogP contribution is -2.15. The number of amides is 1. The predicted molar refractivity (Wildman–Crippen MR) is 78.2 cm³/mol. The quantitative estimate of drug-likeness (QED) is 0.875. The summed E-state index contributed by atoms with van der Waals surface area (Å²) in [6, 6.07) is 7.27. The van der Waals surface area contributed by atoms with Crippen molar-refractivity contribution >= 4 is 17.8 Å². The van der Waals surface area contributed by atoms with Crippen LogP contribution in [0.1, 0.15) is 27.2 Å². The van der Waals surface area contributed by atoms with Crippen molar-refractivity contribution in [3.63, 3.8) is 0 Å². The second-order valence-electron chi connectivity index (χ2n) is 4.69. The molecule has 0 aliphatic carbocycles. The molecule has 0 saturated heterocycles. The number of rotatable bonds is 4. The van der Waals surface area contributed by atoms with Crippen molar-refractivity contribution in [2.24, 2.45) is 0 Å². The number of carbonyl (C=O) groups is 2. The lowest BCUT2D eigenvalue weighted by atomic mass is 10.1. The van der Waals surface area contributed by atoms with Gasteiger partial charge in [0.2, 0.25) is 11.8 Å². The number of methoxy groups -OCH3 is 1. The number of ether oxygens (including phenoxy) is 1. The third-order valence-electron chi connectivity index (χ3n) is 3.12. The second kappa shape index (κ2) is 6.75. The van der Waals surface area contributed by atoms with Gasteiger partial charge in [-0.1, -0.05) is 12.1 Å². The van der Waals surface area contributed by atoms with Crippen LogP contribution in [0.2, 0.25) is 0 Å². The third-order valence-corrected chi connectivity index (χ3v) is 3.12. The molecule has 0 aliphatic heterocycles. The van der Waals surface area contributed by atoms with Gasteiger partial charge in [-0.15, -0.1) is 0 Å². The van der Waals surface area contributed by atoms with Crippen LogP contribution >= 0.6 is 0 Å². The van der Waals surface area contributed by atoms with E-state index in [1.807, 2.05) is 6.07 Å². The zero-order chi connectivity index (χ0) is 17.0. The minimum absolute atomic E-state index is 0.0212. The van der Waals surface area contributed by atoms with Crippen LogP contribution in [0.15, 0.2) is 28.7 Å². The molecule has 1 aromatic carbocycles. The smallest absolute Gasteiger partial charge is 0.342 e. The predicted octanol–water partition coefficient (Wildman–Crippen LogP) is 2.57. The number of benzene rings is 1. The molecule has 0 aliphatic rings. The van der Waals surface area contributed by atoms with Gasteiger partial charge >= 0.3 is 5.97 Å².